The summed E-state index contributed by atoms with van der Waals surface area (Å²) in [5.74, 6) is -0.588. The molecule has 0 radical (unpaired) electrons. The number of pyridine rings is 1. The van der Waals surface area contributed by atoms with Gasteiger partial charge in [-0.15, -0.1) is 0 Å². The Bertz CT molecular complexity index is 1010. The van der Waals surface area contributed by atoms with Gasteiger partial charge in [0, 0.05) is 16.7 Å². The molecule has 2 aromatic carbocycles. The monoisotopic (exact) mass is 391 g/mol. The number of anilines is 1. The Morgan fingerprint density at radius 2 is 1.76 bits per heavy atom. The first kappa shape index (κ1) is 17.5. The van der Waals surface area contributed by atoms with Crippen LogP contribution in [-0.4, -0.2) is 4.98 Å². The molecule has 0 spiro atoms. The van der Waals surface area contributed by atoms with Gasteiger partial charge in [0.25, 0.3) is 0 Å². The van der Waals surface area contributed by atoms with Crippen LogP contribution < -0.4 is 5.73 Å². The molecule has 0 amide bonds. The van der Waals surface area contributed by atoms with E-state index in [0.29, 0.717) is 21.3 Å². The predicted octanol–water partition coefficient (Wildman–Crippen LogP) is 5.97. The summed E-state index contributed by atoms with van der Waals surface area (Å²) in [5.41, 5.74) is 7.37. The number of nitrogen functional groups attached to an aromatic ring is 1. The molecule has 0 aliphatic rings. The summed E-state index contributed by atoms with van der Waals surface area (Å²) in [4.78, 5) is 4.22. The first-order valence-corrected chi connectivity index (χ1v) is 8.16. The zero-order valence-corrected chi connectivity index (χ0v) is 14.8. The van der Waals surface area contributed by atoms with Crippen molar-refractivity contribution in [3.63, 3.8) is 0 Å². The van der Waals surface area contributed by atoms with Gasteiger partial charge in [-0.05, 0) is 30.3 Å². The van der Waals surface area contributed by atoms with Crippen molar-refractivity contribution in [1.29, 1.82) is 5.26 Å². The maximum Gasteiger partial charge on any atom is 0.142 e. The van der Waals surface area contributed by atoms with E-state index in [1.807, 2.05) is 6.07 Å². The standard InChI is InChI=1S/C18H9Cl3FN3/c19-12-5-4-9(6-14(12)21)16-7-10(11(8-23)18(24)25-16)17-13(20)2-1-3-15(17)22/h1-7H,(H2,24,25). The molecule has 0 bridgehead atoms. The normalized spacial score (nSPS) is 10.5. The number of nitriles is 1. The van der Waals surface area contributed by atoms with Crippen molar-refractivity contribution >= 4 is 40.6 Å². The van der Waals surface area contributed by atoms with Crippen LogP contribution in [0.1, 0.15) is 5.56 Å². The van der Waals surface area contributed by atoms with Crippen LogP contribution in [0.4, 0.5) is 10.2 Å². The number of nitrogens with zero attached hydrogens (tertiary/aromatic N) is 2. The van der Waals surface area contributed by atoms with Gasteiger partial charge in [-0.3, -0.25) is 0 Å². The van der Waals surface area contributed by atoms with Gasteiger partial charge in [-0.25, -0.2) is 9.37 Å². The average molecular weight is 393 g/mol. The fourth-order valence-corrected chi connectivity index (χ4v) is 3.00. The number of nitrogens with two attached hydrogens (primary N) is 1. The third-order valence-electron chi connectivity index (χ3n) is 3.61. The highest BCUT2D eigenvalue weighted by atomic mass is 35.5. The molecule has 0 unspecified atom stereocenters. The zero-order chi connectivity index (χ0) is 18.1. The maximum absolute atomic E-state index is 14.3. The lowest BCUT2D eigenvalue weighted by molar-refractivity contribution is 0.631. The molecular weight excluding hydrogens is 384 g/mol. The van der Waals surface area contributed by atoms with Crippen LogP contribution in [0.5, 0.6) is 0 Å². The number of hydrogen-bond acceptors (Lipinski definition) is 3. The molecule has 0 aliphatic carbocycles. The molecule has 124 valence electrons. The van der Waals surface area contributed by atoms with Crippen LogP contribution in [0.25, 0.3) is 22.4 Å². The molecule has 0 fully saturated rings. The third-order valence-corrected chi connectivity index (χ3v) is 4.66. The summed E-state index contributed by atoms with van der Waals surface area (Å²) < 4.78 is 14.3. The van der Waals surface area contributed by atoms with Gasteiger partial charge < -0.3 is 5.73 Å². The van der Waals surface area contributed by atoms with Gasteiger partial charge in [-0.2, -0.15) is 5.26 Å². The summed E-state index contributed by atoms with van der Waals surface area (Å²) in [5, 5.41) is 10.3. The minimum Gasteiger partial charge on any atom is -0.383 e. The predicted molar refractivity (Wildman–Crippen MR) is 99.2 cm³/mol. The number of rotatable bonds is 2. The van der Waals surface area contributed by atoms with E-state index in [1.54, 1.807) is 24.3 Å². The highest BCUT2D eigenvalue weighted by molar-refractivity contribution is 6.42. The minimum absolute atomic E-state index is 0.0274. The topological polar surface area (TPSA) is 62.7 Å². The summed E-state index contributed by atoms with van der Waals surface area (Å²) in [6, 6.07) is 12.7. The molecule has 0 saturated carbocycles. The highest BCUT2D eigenvalue weighted by Gasteiger charge is 2.18. The number of halogens is 4. The van der Waals surface area contributed by atoms with Crippen LogP contribution in [0, 0.1) is 17.1 Å². The second kappa shape index (κ2) is 6.89. The smallest absolute Gasteiger partial charge is 0.142 e. The maximum atomic E-state index is 14.3. The molecule has 3 aromatic rings. The Kier molecular flexibility index (Phi) is 4.82. The Hall–Kier alpha value is -2.32. The van der Waals surface area contributed by atoms with Gasteiger partial charge in [-0.1, -0.05) is 46.9 Å². The quantitative estimate of drug-likeness (QED) is 0.584. The molecule has 0 atom stereocenters. The van der Waals surface area contributed by atoms with E-state index in [1.165, 1.54) is 18.2 Å². The van der Waals surface area contributed by atoms with Crippen molar-refractivity contribution in [2.24, 2.45) is 0 Å². The molecule has 7 heteroatoms. The van der Waals surface area contributed by atoms with E-state index in [0.717, 1.165) is 0 Å². The van der Waals surface area contributed by atoms with Crippen LogP contribution in [0.3, 0.4) is 0 Å². The average Bonchev–Trinajstić information content (AvgIpc) is 2.57. The summed E-state index contributed by atoms with van der Waals surface area (Å²) in [7, 11) is 0. The Labute approximate surface area is 158 Å². The number of benzene rings is 2. The number of hydrogen-bond donors (Lipinski definition) is 1. The summed E-state index contributed by atoms with van der Waals surface area (Å²) in [6.07, 6.45) is 0. The van der Waals surface area contributed by atoms with Crippen molar-refractivity contribution in [3.8, 4) is 28.5 Å². The fraction of sp³-hybridized carbons (Fsp3) is 0. The van der Waals surface area contributed by atoms with Crippen molar-refractivity contribution in [2.45, 2.75) is 0 Å². The third kappa shape index (κ3) is 3.27. The van der Waals surface area contributed by atoms with Gasteiger partial charge in [0.1, 0.15) is 23.3 Å². The molecule has 25 heavy (non-hydrogen) atoms. The van der Waals surface area contributed by atoms with E-state index >= 15 is 0 Å². The minimum atomic E-state index is -0.560. The second-order valence-corrected chi connectivity index (χ2v) is 6.37. The van der Waals surface area contributed by atoms with E-state index in [-0.39, 0.29) is 27.5 Å². The van der Waals surface area contributed by atoms with Crippen molar-refractivity contribution in [2.75, 3.05) is 5.73 Å². The largest absolute Gasteiger partial charge is 0.383 e. The Morgan fingerprint density at radius 3 is 2.40 bits per heavy atom. The van der Waals surface area contributed by atoms with E-state index in [2.05, 4.69) is 4.98 Å². The van der Waals surface area contributed by atoms with Crippen molar-refractivity contribution < 1.29 is 4.39 Å². The van der Waals surface area contributed by atoms with Gasteiger partial charge in [0.05, 0.1) is 20.8 Å². The van der Waals surface area contributed by atoms with Crippen molar-refractivity contribution in [3.05, 3.63) is 68.9 Å². The van der Waals surface area contributed by atoms with Crippen LogP contribution in [0.2, 0.25) is 15.1 Å². The van der Waals surface area contributed by atoms with Crippen LogP contribution >= 0.6 is 34.8 Å². The molecule has 0 aliphatic heterocycles. The summed E-state index contributed by atoms with van der Waals surface area (Å²) in [6.45, 7) is 0. The van der Waals surface area contributed by atoms with Gasteiger partial charge >= 0.3 is 0 Å². The lowest BCUT2D eigenvalue weighted by atomic mass is 9.98. The molecular formula is C18H9Cl3FN3. The Balaban J connectivity index is 2.30. The first-order valence-electron chi connectivity index (χ1n) is 7.02. The van der Waals surface area contributed by atoms with Gasteiger partial charge in [0.2, 0.25) is 0 Å². The molecule has 3 rings (SSSR count). The molecule has 1 aromatic heterocycles. The lowest BCUT2D eigenvalue weighted by Gasteiger charge is -2.12. The fourth-order valence-electron chi connectivity index (χ4n) is 2.44. The van der Waals surface area contributed by atoms with E-state index in [9.17, 15) is 9.65 Å². The molecule has 1 heterocycles. The van der Waals surface area contributed by atoms with E-state index in [4.69, 9.17) is 40.5 Å². The van der Waals surface area contributed by atoms with Crippen molar-refractivity contribution in [1.82, 2.24) is 4.98 Å². The SMILES string of the molecule is N#Cc1c(-c2c(F)cccc2Cl)cc(-c2ccc(Cl)c(Cl)c2)nc1N. The molecule has 3 nitrogen and oxygen atoms in total. The van der Waals surface area contributed by atoms with Crippen LogP contribution in [0.15, 0.2) is 42.5 Å². The zero-order valence-electron chi connectivity index (χ0n) is 12.5. The summed E-state index contributed by atoms with van der Waals surface area (Å²) >= 11 is 18.1. The molecule has 0 saturated heterocycles. The van der Waals surface area contributed by atoms with Gasteiger partial charge in [0.15, 0.2) is 0 Å². The second-order valence-electron chi connectivity index (χ2n) is 5.15. The van der Waals surface area contributed by atoms with Crippen LogP contribution in [-0.2, 0) is 0 Å². The Morgan fingerprint density at radius 1 is 1.00 bits per heavy atom. The lowest BCUT2D eigenvalue weighted by Crippen LogP contribution is -2.01. The highest BCUT2D eigenvalue weighted by Crippen LogP contribution is 2.37. The molecule has 2 N–H and O–H groups in total. The first-order chi connectivity index (χ1) is 11.9. The number of aromatic nitrogens is 1. The van der Waals surface area contributed by atoms with E-state index < -0.39 is 5.82 Å².